The van der Waals surface area contributed by atoms with Gasteiger partial charge in [-0.2, -0.15) is 0 Å². The summed E-state index contributed by atoms with van der Waals surface area (Å²) in [6, 6.07) is 31.3. The summed E-state index contributed by atoms with van der Waals surface area (Å²) in [4.78, 5) is 0. The van der Waals surface area contributed by atoms with E-state index in [1.165, 1.54) is 55.3 Å². The molecule has 1 heteroatoms. The zero-order chi connectivity index (χ0) is 19.8. The van der Waals surface area contributed by atoms with Crippen molar-refractivity contribution in [1.29, 1.82) is 0 Å². The molecule has 1 aliphatic rings. The van der Waals surface area contributed by atoms with Crippen LogP contribution in [0.15, 0.2) is 84.9 Å². The molecule has 0 amide bonds. The van der Waals surface area contributed by atoms with E-state index in [9.17, 15) is 0 Å². The van der Waals surface area contributed by atoms with Crippen LogP contribution < -0.4 is 0 Å². The van der Waals surface area contributed by atoms with Crippen molar-refractivity contribution in [3.8, 4) is 16.8 Å². The standard InChI is InChI=1S/C28H23N/c1-18-13-14-26-22(15-18)23-16-25-21(20-11-7-8-12-24(20)28(25,2)3)17-27(23)29(26)19-9-5-4-6-10-19/h4-17H,1-3H3. The quantitative estimate of drug-likeness (QED) is 0.288. The van der Waals surface area contributed by atoms with E-state index < -0.39 is 0 Å². The molecule has 1 heterocycles. The van der Waals surface area contributed by atoms with Gasteiger partial charge in [0.15, 0.2) is 0 Å². The maximum Gasteiger partial charge on any atom is 0.0547 e. The molecule has 0 radical (unpaired) electrons. The molecule has 0 saturated carbocycles. The molecule has 0 spiro atoms. The first-order valence-corrected chi connectivity index (χ1v) is 10.3. The Morgan fingerprint density at radius 2 is 1.34 bits per heavy atom. The summed E-state index contributed by atoms with van der Waals surface area (Å²) in [5, 5.41) is 2.67. The Balaban J connectivity index is 1.80. The van der Waals surface area contributed by atoms with Gasteiger partial charge in [0, 0.05) is 21.9 Å². The predicted octanol–water partition coefficient (Wildman–Crippen LogP) is 7.40. The second kappa shape index (κ2) is 5.61. The van der Waals surface area contributed by atoms with E-state index in [2.05, 4.69) is 110 Å². The van der Waals surface area contributed by atoms with Gasteiger partial charge in [-0.15, -0.1) is 0 Å². The minimum atomic E-state index is 0.0190. The highest BCUT2D eigenvalue weighted by atomic mass is 15.0. The van der Waals surface area contributed by atoms with Gasteiger partial charge in [-0.05, 0) is 65.6 Å². The first-order valence-electron chi connectivity index (χ1n) is 10.3. The first kappa shape index (κ1) is 16.6. The maximum absolute atomic E-state index is 2.45. The summed E-state index contributed by atoms with van der Waals surface area (Å²) in [5.41, 5.74) is 10.7. The zero-order valence-electron chi connectivity index (χ0n) is 17.0. The van der Waals surface area contributed by atoms with Crippen LogP contribution in [0.25, 0.3) is 38.6 Å². The number of para-hydroxylation sites is 1. The number of rotatable bonds is 1. The summed E-state index contributed by atoms with van der Waals surface area (Å²) in [6.45, 7) is 6.88. The monoisotopic (exact) mass is 373 g/mol. The lowest BCUT2D eigenvalue weighted by Gasteiger charge is -2.21. The van der Waals surface area contributed by atoms with E-state index in [-0.39, 0.29) is 5.41 Å². The van der Waals surface area contributed by atoms with Crippen LogP contribution in [0.5, 0.6) is 0 Å². The van der Waals surface area contributed by atoms with Crippen molar-refractivity contribution < 1.29 is 0 Å². The van der Waals surface area contributed by atoms with E-state index in [1.807, 2.05) is 0 Å². The summed E-state index contributed by atoms with van der Waals surface area (Å²) in [7, 11) is 0. The number of nitrogens with zero attached hydrogens (tertiary/aromatic N) is 1. The summed E-state index contributed by atoms with van der Waals surface area (Å²) in [5.74, 6) is 0. The normalized spacial score (nSPS) is 14.3. The van der Waals surface area contributed by atoms with Gasteiger partial charge in [0.1, 0.15) is 0 Å². The van der Waals surface area contributed by atoms with Gasteiger partial charge >= 0.3 is 0 Å². The van der Waals surface area contributed by atoms with Crippen LogP contribution in [0, 0.1) is 6.92 Å². The average molecular weight is 373 g/mol. The molecule has 1 nitrogen and oxygen atoms in total. The van der Waals surface area contributed by atoms with Crippen molar-refractivity contribution >= 4 is 21.8 Å². The van der Waals surface area contributed by atoms with Gasteiger partial charge in [0.25, 0.3) is 0 Å². The molecule has 0 fully saturated rings. The van der Waals surface area contributed by atoms with Crippen molar-refractivity contribution in [2.45, 2.75) is 26.2 Å². The summed E-state index contributed by atoms with van der Waals surface area (Å²) >= 11 is 0. The molecule has 4 aromatic carbocycles. The Morgan fingerprint density at radius 1 is 0.621 bits per heavy atom. The van der Waals surface area contributed by atoms with Crippen molar-refractivity contribution in [2.75, 3.05) is 0 Å². The molecule has 0 bridgehead atoms. The van der Waals surface area contributed by atoms with Gasteiger partial charge in [-0.1, -0.05) is 67.9 Å². The summed E-state index contributed by atoms with van der Waals surface area (Å²) < 4.78 is 2.42. The fraction of sp³-hybridized carbons (Fsp3) is 0.143. The van der Waals surface area contributed by atoms with Crippen LogP contribution >= 0.6 is 0 Å². The zero-order valence-corrected chi connectivity index (χ0v) is 17.0. The highest BCUT2D eigenvalue weighted by Gasteiger charge is 2.36. The second-order valence-electron chi connectivity index (χ2n) is 8.78. The van der Waals surface area contributed by atoms with E-state index in [0.717, 1.165) is 0 Å². The molecule has 0 saturated heterocycles. The summed E-state index contributed by atoms with van der Waals surface area (Å²) in [6.07, 6.45) is 0. The lowest BCUT2D eigenvalue weighted by molar-refractivity contribution is 0.661. The van der Waals surface area contributed by atoms with E-state index in [1.54, 1.807) is 0 Å². The molecule has 1 aromatic heterocycles. The maximum atomic E-state index is 2.45. The Labute approximate surface area is 171 Å². The van der Waals surface area contributed by atoms with Crippen LogP contribution in [-0.2, 0) is 5.41 Å². The third kappa shape index (κ3) is 2.16. The fourth-order valence-corrected chi connectivity index (χ4v) is 5.18. The fourth-order valence-electron chi connectivity index (χ4n) is 5.18. The van der Waals surface area contributed by atoms with Gasteiger partial charge < -0.3 is 4.57 Å². The molecule has 0 N–H and O–H groups in total. The van der Waals surface area contributed by atoms with Crippen LogP contribution in [0.1, 0.15) is 30.5 Å². The number of hydrogen-bond acceptors (Lipinski definition) is 0. The molecule has 29 heavy (non-hydrogen) atoms. The predicted molar refractivity (Wildman–Crippen MR) is 123 cm³/mol. The van der Waals surface area contributed by atoms with Crippen molar-refractivity contribution in [2.24, 2.45) is 0 Å². The largest absolute Gasteiger partial charge is 0.309 e. The molecular weight excluding hydrogens is 350 g/mol. The topological polar surface area (TPSA) is 4.93 Å². The van der Waals surface area contributed by atoms with Crippen molar-refractivity contribution in [3.63, 3.8) is 0 Å². The smallest absolute Gasteiger partial charge is 0.0547 e. The first-order chi connectivity index (χ1) is 14.1. The minimum absolute atomic E-state index is 0.0190. The highest BCUT2D eigenvalue weighted by molar-refractivity contribution is 6.11. The Morgan fingerprint density at radius 3 is 2.17 bits per heavy atom. The Hall–Kier alpha value is -3.32. The number of hydrogen-bond donors (Lipinski definition) is 0. The van der Waals surface area contributed by atoms with E-state index in [0.29, 0.717) is 0 Å². The lowest BCUT2D eigenvalue weighted by atomic mass is 9.82. The van der Waals surface area contributed by atoms with Gasteiger partial charge in [-0.3, -0.25) is 0 Å². The molecule has 6 rings (SSSR count). The van der Waals surface area contributed by atoms with Crippen LogP contribution in [-0.4, -0.2) is 4.57 Å². The number of aryl methyl sites for hydroxylation is 1. The molecule has 0 atom stereocenters. The molecule has 5 aromatic rings. The van der Waals surface area contributed by atoms with E-state index in [4.69, 9.17) is 0 Å². The minimum Gasteiger partial charge on any atom is -0.309 e. The van der Waals surface area contributed by atoms with Crippen molar-refractivity contribution in [1.82, 2.24) is 4.57 Å². The number of fused-ring (bicyclic) bond motifs is 6. The second-order valence-corrected chi connectivity index (χ2v) is 8.78. The lowest BCUT2D eigenvalue weighted by Crippen LogP contribution is -2.14. The van der Waals surface area contributed by atoms with Crippen LogP contribution in [0.3, 0.4) is 0 Å². The Kier molecular flexibility index (Phi) is 3.21. The number of benzene rings is 4. The average Bonchev–Trinajstić information content (AvgIpc) is 3.17. The molecule has 0 unspecified atom stereocenters. The van der Waals surface area contributed by atoms with Crippen LogP contribution in [0.2, 0.25) is 0 Å². The third-order valence-electron chi connectivity index (χ3n) is 6.64. The van der Waals surface area contributed by atoms with Gasteiger partial charge in [-0.25, -0.2) is 0 Å². The van der Waals surface area contributed by atoms with Crippen molar-refractivity contribution in [3.05, 3.63) is 102 Å². The van der Waals surface area contributed by atoms with Gasteiger partial charge in [0.05, 0.1) is 11.0 Å². The highest BCUT2D eigenvalue weighted by Crippen LogP contribution is 2.50. The Bertz CT molecular complexity index is 1420. The SMILES string of the molecule is Cc1ccc2c(c1)c1cc3c(cc1n2-c1ccccc1)-c1ccccc1C3(C)C. The molecular formula is C28H23N. The van der Waals surface area contributed by atoms with Crippen LogP contribution in [0.4, 0.5) is 0 Å². The molecule has 1 aliphatic carbocycles. The van der Waals surface area contributed by atoms with E-state index >= 15 is 0 Å². The molecule has 140 valence electrons. The number of aromatic nitrogens is 1. The third-order valence-corrected chi connectivity index (χ3v) is 6.64. The van der Waals surface area contributed by atoms with Gasteiger partial charge in [0.2, 0.25) is 0 Å². The molecule has 0 aliphatic heterocycles.